The van der Waals surface area contributed by atoms with E-state index in [2.05, 4.69) is 17.1 Å². The summed E-state index contributed by atoms with van der Waals surface area (Å²) in [7, 11) is 0. The largest absolute Gasteiger partial charge is 0.456 e. The fourth-order valence-corrected chi connectivity index (χ4v) is 2.29. The standard InChI is InChI=1S/C16H12ClNO/c17-10-13-9-15(19-14-5-3-7-18-11-14)8-12-4-1-2-6-16(12)13/h1-9,11H,10H2. The molecule has 0 amide bonds. The summed E-state index contributed by atoms with van der Waals surface area (Å²) in [4.78, 5) is 4.03. The molecule has 0 saturated heterocycles. The zero-order chi connectivity index (χ0) is 13.1. The Morgan fingerprint density at radius 1 is 1.00 bits per heavy atom. The van der Waals surface area contributed by atoms with Crippen molar-refractivity contribution in [3.63, 3.8) is 0 Å². The number of nitrogens with zero attached hydrogens (tertiary/aromatic N) is 1. The third kappa shape index (κ3) is 2.54. The number of halogens is 1. The molecule has 2 aromatic carbocycles. The van der Waals surface area contributed by atoms with Gasteiger partial charge < -0.3 is 4.74 Å². The number of benzene rings is 2. The van der Waals surface area contributed by atoms with Crippen molar-refractivity contribution in [1.82, 2.24) is 4.98 Å². The SMILES string of the molecule is ClCc1cc(Oc2cccnc2)cc2ccccc12. The Hall–Kier alpha value is -2.06. The molecule has 0 radical (unpaired) electrons. The average molecular weight is 270 g/mol. The molecule has 19 heavy (non-hydrogen) atoms. The molecule has 2 nitrogen and oxygen atoms in total. The maximum Gasteiger partial charge on any atom is 0.145 e. The Balaban J connectivity index is 2.05. The van der Waals surface area contributed by atoms with E-state index >= 15 is 0 Å². The number of aromatic nitrogens is 1. The van der Waals surface area contributed by atoms with Gasteiger partial charge in [0.25, 0.3) is 0 Å². The Bertz CT molecular complexity index is 697. The second-order valence-corrected chi connectivity index (χ2v) is 4.50. The molecule has 3 heteroatoms. The summed E-state index contributed by atoms with van der Waals surface area (Å²) in [6, 6.07) is 15.9. The zero-order valence-corrected chi connectivity index (χ0v) is 11.0. The fraction of sp³-hybridized carbons (Fsp3) is 0.0625. The van der Waals surface area contributed by atoms with Gasteiger partial charge in [-0.2, -0.15) is 0 Å². The van der Waals surface area contributed by atoms with Crippen LogP contribution in [0.4, 0.5) is 0 Å². The van der Waals surface area contributed by atoms with Gasteiger partial charge >= 0.3 is 0 Å². The first-order valence-electron chi connectivity index (χ1n) is 6.02. The molecule has 0 atom stereocenters. The van der Waals surface area contributed by atoms with Gasteiger partial charge in [-0.15, -0.1) is 11.6 Å². The van der Waals surface area contributed by atoms with Gasteiger partial charge in [-0.3, -0.25) is 4.98 Å². The van der Waals surface area contributed by atoms with E-state index in [1.165, 1.54) is 0 Å². The summed E-state index contributed by atoms with van der Waals surface area (Å²) >= 11 is 6.01. The highest BCUT2D eigenvalue weighted by Crippen LogP contribution is 2.29. The summed E-state index contributed by atoms with van der Waals surface area (Å²) in [5, 5.41) is 2.29. The van der Waals surface area contributed by atoms with Crippen LogP contribution in [0.2, 0.25) is 0 Å². The molecule has 0 unspecified atom stereocenters. The number of pyridine rings is 1. The molecule has 0 saturated carbocycles. The Morgan fingerprint density at radius 3 is 2.68 bits per heavy atom. The summed E-state index contributed by atoms with van der Waals surface area (Å²) in [5.41, 5.74) is 1.07. The molecular formula is C16H12ClNO. The van der Waals surface area contributed by atoms with Crippen LogP contribution in [-0.4, -0.2) is 4.98 Å². The molecule has 0 bridgehead atoms. The lowest BCUT2D eigenvalue weighted by molar-refractivity contribution is 0.480. The van der Waals surface area contributed by atoms with Crippen LogP contribution in [0.5, 0.6) is 11.5 Å². The molecule has 3 aromatic rings. The molecule has 0 N–H and O–H groups in total. The molecule has 0 aliphatic rings. The van der Waals surface area contributed by atoms with E-state index in [0.29, 0.717) is 5.88 Å². The number of fused-ring (bicyclic) bond motifs is 1. The highest BCUT2D eigenvalue weighted by molar-refractivity contribution is 6.18. The van der Waals surface area contributed by atoms with Crippen LogP contribution in [0.3, 0.4) is 0 Å². The molecule has 1 aromatic heterocycles. The van der Waals surface area contributed by atoms with Gasteiger partial charge in [-0.1, -0.05) is 24.3 Å². The lowest BCUT2D eigenvalue weighted by Gasteiger charge is -2.09. The normalized spacial score (nSPS) is 10.6. The van der Waals surface area contributed by atoms with E-state index in [1.54, 1.807) is 12.4 Å². The van der Waals surface area contributed by atoms with Crippen molar-refractivity contribution in [3.05, 3.63) is 66.5 Å². The topological polar surface area (TPSA) is 22.1 Å². The second-order valence-electron chi connectivity index (χ2n) is 4.23. The minimum atomic E-state index is 0.463. The molecule has 0 aliphatic heterocycles. The number of hydrogen-bond acceptors (Lipinski definition) is 2. The lowest BCUT2D eigenvalue weighted by atomic mass is 10.1. The first-order valence-corrected chi connectivity index (χ1v) is 6.56. The van der Waals surface area contributed by atoms with Crippen LogP contribution in [0.1, 0.15) is 5.56 Å². The van der Waals surface area contributed by atoms with Crippen molar-refractivity contribution in [1.29, 1.82) is 0 Å². The van der Waals surface area contributed by atoms with Gasteiger partial charge in [0.1, 0.15) is 11.5 Å². The molecule has 1 heterocycles. The van der Waals surface area contributed by atoms with Gasteiger partial charge in [0.05, 0.1) is 6.20 Å². The fourth-order valence-electron chi connectivity index (χ4n) is 2.07. The van der Waals surface area contributed by atoms with Crippen molar-refractivity contribution < 1.29 is 4.74 Å². The maximum atomic E-state index is 6.01. The van der Waals surface area contributed by atoms with Crippen molar-refractivity contribution in [3.8, 4) is 11.5 Å². The highest BCUT2D eigenvalue weighted by atomic mass is 35.5. The summed E-state index contributed by atoms with van der Waals surface area (Å²) in [6.07, 6.45) is 3.41. The summed E-state index contributed by atoms with van der Waals surface area (Å²) in [5.74, 6) is 1.96. The number of alkyl halides is 1. The molecular weight excluding hydrogens is 258 g/mol. The van der Waals surface area contributed by atoms with Gasteiger partial charge in [-0.05, 0) is 40.6 Å². The lowest BCUT2D eigenvalue weighted by Crippen LogP contribution is -1.88. The van der Waals surface area contributed by atoms with E-state index in [4.69, 9.17) is 16.3 Å². The Kier molecular flexibility index (Phi) is 3.34. The molecule has 0 spiro atoms. The highest BCUT2D eigenvalue weighted by Gasteiger charge is 2.05. The van der Waals surface area contributed by atoms with Crippen molar-refractivity contribution >= 4 is 22.4 Å². The van der Waals surface area contributed by atoms with Crippen LogP contribution in [-0.2, 0) is 5.88 Å². The minimum absolute atomic E-state index is 0.463. The van der Waals surface area contributed by atoms with Gasteiger partial charge in [-0.25, -0.2) is 0 Å². The second kappa shape index (κ2) is 5.29. The minimum Gasteiger partial charge on any atom is -0.456 e. The van der Waals surface area contributed by atoms with Crippen molar-refractivity contribution in [2.24, 2.45) is 0 Å². The molecule has 0 fully saturated rings. The van der Waals surface area contributed by atoms with Crippen LogP contribution in [0, 0.1) is 0 Å². The summed E-state index contributed by atoms with van der Waals surface area (Å²) < 4.78 is 5.81. The monoisotopic (exact) mass is 269 g/mol. The van der Waals surface area contributed by atoms with Gasteiger partial charge in [0.2, 0.25) is 0 Å². The van der Waals surface area contributed by atoms with Crippen LogP contribution in [0.15, 0.2) is 60.9 Å². The van der Waals surface area contributed by atoms with Crippen molar-refractivity contribution in [2.75, 3.05) is 0 Å². The number of rotatable bonds is 3. The predicted octanol–water partition coefficient (Wildman–Crippen LogP) is 4.77. The predicted molar refractivity (Wildman–Crippen MR) is 77.8 cm³/mol. The molecule has 3 rings (SSSR count). The Morgan fingerprint density at radius 2 is 1.89 bits per heavy atom. The Labute approximate surface area is 116 Å². The van der Waals surface area contributed by atoms with E-state index in [1.807, 2.05) is 36.4 Å². The number of ether oxygens (including phenoxy) is 1. The van der Waals surface area contributed by atoms with Gasteiger partial charge in [0, 0.05) is 12.1 Å². The average Bonchev–Trinajstić information content (AvgIpc) is 2.47. The maximum absolute atomic E-state index is 6.01. The molecule has 94 valence electrons. The summed E-state index contributed by atoms with van der Waals surface area (Å²) in [6.45, 7) is 0. The first-order chi connectivity index (χ1) is 9.36. The smallest absolute Gasteiger partial charge is 0.145 e. The third-order valence-corrected chi connectivity index (χ3v) is 3.22. The van der Waals surface area contributed by atoms with Crippen molar-refractivity contribution in [2.45, 2.75) is 5.88 Å². The van der Waals surface area contributed by atoms with Crippen LogP contribution < -0.4 is 4.74 Å². The molecule has 0 aliphatic carbocycles. The first kappa shape index (κ1) is 12.0. The van der Waals surface area contributed by atoms with Crippen LogP contribution >= 0.6 is 11.6 Å². The van der Waals surface area contributed by atoms with E-state index in [-0.39, 0.29) is 0 Å². The van der Waals surface area contributed by atoms with E-state index < -0.39 is 0 Å². The van der Waals surface area contributed by atoms with E-state index in [9.17, 15) is 0 Å². The number of hydrogen-bond donors (Lipinski definition) is 0. The third-order valence-electron chi connectivity index (χ3n) is 2.94. The zero-order valence-electron chi connectivity index (χ0n) is 10.2. The van der Waals surface area contributed by atoms with Crippen LogP contribution in [0.25, 0.3) is 10.8 Å². The quantitative estimate of drug-likeness (QED) is 0.639. The van der Waals surface area contributed by atoms with E-state index in [0.717, 1.165) is 27.8 Å². The van der Waals surface area contributed by atoms with Gasteiger partial charge in [0.15, 0.2) is 0 Å².